The van der Waals surface area contributed by atoms with E-state index in [-0.39, 0.29) is 23.9 Å². The van der Waals surface area contributed by atoms with Gasteiger partial charge in [0, 0.05) is 24.3 Å². The van der Waals surface area contributed by atoms with Crippen LogP contribution in [0, 0.1) is 0 Å². The maximum atomic E-state index is 13.6. The minimum Gasteiger partial charge on any atom is -0.495 e. The van der Waals surface area contributed by atoms with Gasteiger partial charge in [0.15, 0.2) is 11.5 Å². The van der Waals surface area contributed by atoms with Crippen LogP contribution in [-0.2, 0) is 14.3 Å². The van der Waals surface area contributed by atoms with Gasteiger partial charge in [-0.1, -0.05) is 24.8 Å². The molecule has 0 amide bonds. The first kappa shape index (κ1) is 29.9. The molecule has 0 bridgehead atoms. The maximum Gasteiger partial charge on any atom is 0.342 e. The van der Waals surface area contributed by atoms with Gasteiger partial charge in [0.1, 0.15) is 29.5 Å². The Morgan fingerprint density at radius 2 is 1.83 bits per heavy atom. The van der Waals surface area contributed by atoms with Gasteiger partial charge in [-0.2, -0.15) is 0 Å². The van der Waals surface area contributed by atoms with Gasteiger partial charge in [-0.15, -0.1) is 0 Å². The van der Waals surface area contributed by atoms with Crippen LogP contribution in [0.25, 0.3) is 6.08 Å². The zero-order valence-corrected chi connectivity index (χ0v) is 24.2. The molecule has 2 aliphatic rings. The third-order valence-electron chi connectivity index (χ3n) is 7.23. The molecule has 218 valence electrons. The molecule has 2 atom stereocenters. The van der Waals surface area contributed by atoms with Crippen LogP contribution in [0.5, 0.6) is 23.0 Å². The third kappa shape index (κ3) is 7.17. The summed E-state index contributed by atoms with van der Waals surface area (Å²) in [7, 11) is 3.05. The van der Waals surface area contributed by atoms with E-state index < -0.39 is 17.9 Å². The summed E-state index contributed by atoms with van der Waals surface area (Å²) in [5.74, 6) is 0.516. The summed E-state index contributed by atoms with van der Waals surface area (Å²) in [5, 5.41) is 0. The molecule has 0 unspecified atom stereocenters. The standard InChI is InChI=1S/C33H38O8/c1-20(2)19-39-26-15-14-22(16-27(26)37-4)25-18-29(35)41-28-17-23-11-7-6-8-12-24(34)13-9-10-21(3)40-33(36)30(23)32(38-5)31(25)28/h7,11,14-17,21,25H,1,6,8-10,12-13,18-19H2,2-5H3/t21-,25+/m1/s1. The Morgan fingerprint density at radius 1 is 1.05 bits per heavy atom. The molecule has 2 heterocycles. The van der Waals surface area contributed by atoms with Gasteiger partial charge in [-0.3, -0.25) is 9.59 Å². The average Bonchev–Trinajstić information content (AvgIpc) is 2.93. The highest BCUT2D eigenvalue weighted by Gasteiger charge is 2.36. The van der Waals surface area contributed by atoms with Gasteiger partial charge in [0.05, 0.1) is 26.7 Å². The molecule has 0 aliphatic carbocycles. The predicted molar refractivity (Wildman–Crippen MR) is 155 cm³/mol. The van der Waals surface area contributed by atoms with Gasteiger partial charge in [-0.05, 0) is 74.4 Å². The summed E-state index contributed by atoms with van der Waals surface area (Å²) in [6, 6.07) is 7.19. The molecular weight excluding hydrogens is 524 g/mol. The number of benzene rings is 2. The first-order valence-corrected chi connectivity index (χ1v) is 14.0. The van der Waals surface area contributed by atoms with Crippen LogP contribution < -0.4 is 18.9 Å². The van der Waals surface area contributed by atoms with Gasteiger partial charge in [0.2, 0.25) is 0 Å². The monoisotopic (exact) mass is 562 g/mol. The van der Waals surface area contributed by atoms with Crippen LogP contribution in [0.3, 0.4) is 0 Å². The topological polar surface area (TPSA) is 97.4 Å². The summed E-state index contributed by atoms with van der Waals surface area (Å²) in [4.78, 5) is 38.6. The third-order valence-corrected chi connectivity index (χ3v) is 7.23. The van der Waals surface area contributed by atoms with Crippen molar-refractivity contribution in [1.82, 2.24) is 0 Å². The fourth-order valence-corrected chi connectivity index (χ4v) is 5.22. The van der Waals surface area contributed by atoms with Crippen LogP contribution in [0.4, 0.5) is 0 Å². The van der Waals surface area contributed by atoms with Crippen LogP contribution in [0.2, 0.25) is 0 Å². The van der Waals surface area contributed by atoms with Crippen LogP contribution in [0.1, 0.15) is 91.8 Å². The number of esters is 2. The lowest BCUT2D eigenvalue weighted by atomic mass is 9.83. The summed E-state index contributed by atoms with van der Waals surface area (Å²) < 4.78 is 28.9. The van der Waals surface area contributed by atoms with Crippen LogP contribution in [0.15, 0.2) is 42.5 Å². The Morgan fingerprint density at radius 3 is 2.56 bits per heavy atom. The Bertz CT molecular complexity index is 1360. The first-order valence-electron chi connectivity index (χ1n) is 14.0. The number of carbonyl (C=O) groups is 3. The van der Waals surface area contributed by atoms with E-state index in [0.717, 1.165) is 17.6 Å². The lowest BCUT2D eigenvalue weighted by Gasteiger charge is -2.29. The lowest BCUT2D eigenvalue weighted by Crippen LogP contribution is -2.24. The molecule has 2 aromatic rings. The van der Waals surface area contributed by atoms with Crippen LogP contribution in [-0.4, -0.2) is 44.7 Å². The molecule has 8 nitrogen and oxygen atoms in total. The molecule has 0 radical (unpaired) electrons. The van der Waals surface area contributed by atoms with E-state index in [1.165, 1.54) is 7.11 Å². The number of Topliss-reactive ketones (excluding diaryl/α,β-unsaturated/α-hetero) is 1. The molecule has 0 spiro atoms. The zero-order valence-electron chi connectivity index (χ0n) is 24.2. The largest absolute Gasteiger partial charge is 0.495 e. The van der Waals surface area contributed by atoms with Crippen LogP contribution >= 0.6 is 0 Å². The van der Waals surface area contributed by atoms with Gasteiger partial charge in [0.25, 0.3) is 0 Å². The molecule has 0 saturated heterocycles. The number of rotatable bonds is 6. The summed E-state index contributed by atoms with van der Waals surface area (Å²) in [6.45, 7) is 7.92. The second-order valence-electron chi connectivity index (χ2n) is 10.6. The number of ether oxygens (including phenoxy) is 5. The number of methoxy groups -OCH3 is 2. The number of allylic oxidation sites excluding steroid dienone is 1. The van der Waals surface area contributed by atoms with Crippen molar-refractivity contribution >= 4 is 23.8 Å². The van der Waals surface area contributed by atoms with E-state index in [1.54, 1.807) is 25.3 Å². The molecule has 0 N–H and O–H groups in total. The molecule has 4 rings (SSSR count). The van der Waals surface area contributed by atoms with E-state index in [0.29, 0.717) is 72.8 Å². The van der Waals surface area contributed by atoms with Gasteiger partial charge >= 0.3 is 11.9 Å². The van der Waals surface area contributed by atoms with Gasteiger partial charge in [-0.25, -0.2) is 4.79 Å². The highest BCUT2D eigenvalue weighted by atomic mass is 16.5. The van der Waals surface area contributed by atoms with Crippen molar-refractivity contribution in [1.29, 1.82) is 0 Å². The Kier molecular flexibility index (Phi) is 9.86. The quantitative estimate of drug-likeness (QED) is 0.221. The maximum absolute atomic E-state index is 13.6. The van der Waals surface area contributed by atoms with E-state index in [2.05, 4.69) is 6.58 Å². The van der Waals surface area contributed by atoms with Crippen molar-refractivity contribution in [3.8, 4) is 23.0 Å². The Labute approximate surface area is 241 Å². The smallest absolute Gasteiger partial charge is 0.342 e. The fourth-order valence-electron chi connectivity index (χ4n) is 5.22. The highest BCUT2D eigenvalue weighted by Crippen LogP contribution is 2.48. The van der Waals surface area contributed by atoms with Crippen molar-refractivity contribution in [3.63, 3.8) is 0 Å². The van der Waals surface area contributed by atoms with Crippen molar-refractivity contribution in [2.45, 2.75) is 70.8 Å². The van der Waals surface area contributed by atoms with Gasteiger partial charge < -0.3 is 23.7 Å². The zero-order chi connectivity index (χ0) is 29.5. The SMILES string of the molecule is C=C(C)COc1ccc([C@@H]2CC(=O)Oc3cc4c(c(OC)c32)C(=O)O[C@H](C)CCCC(=O)CCCC=C4)cc1OC. The molecule has 8 heteroatoms. The molecule has 2 aliphatic heterocycles. The van der Waals surface area contributed by atoms with Crippen molar-refractivity contribution in [2.75, 3.05) is 20.8 Å². The molecule has 0 fully saturated rings. The minimum absolute atomic E-state index is 0.0482. The molecular formula is C33H38O8. The molecule has 41 heavy (non-hydrogen) atoms. The number of hydrogen-bond donors (Lipinski definition) is 0. The normalized spacial score (nSPS) is 19.7. The summed E-state index contributed by atoms with van der Waals surface area (Å²) >= 11 is 0. The second-order valence-corrected chi connectivity index (χ2v) is 10.6. The number of fused-ring (bicyclic) bond motifs is 2. The summed E-state index contributed by atoms with van der Waals surface area (Å²) in [5.41, 5.74) is 3.04. The van der Waals surface area contributed by atoms with Crippen molar-refractivity contribution in [3.05, 3.63) is 64.7 Å². The highest BCUT2D eigenvalue weighted by molar-refractivity contribution is 5.99. The number of hydrogen-bond acceptors (Lipinski definition) is 8. The number of ketones is 1. The molecule has 0 saturated carbocycles. The average molecular weight is 563 g/mol. The minimum atomic E-state index is -0.531. The molecule has 0 aromatic heterocycles. The number of cyclic esters (lactones) is 1. The fraction of sp³-hybridized carbons (Fsp3) is 0.424. The number of carbonyl (C=O) groups excluding carboxylic acids is 3. The van der Waals surface area contributed by atoms with Crippen molar-refractivity contribution in [2.24, 2.45) is 0 Å². The Hall–Kier alpha value is -4.07. The second kappa shape index (κ2) is 13.5. The van der Waals surface area contributed by atoms with E-state index in [9.17, 15) is 14.4 Å². The molecule has 2 aromatic carbocycles. The van der Waals surface area contributed by atoms with E-state index >= 15 is 0 Å². The van der Waals surface area contributed by atoms with E-state index in [1.807, 2.05) is 32.1 Å². The first-order chi connectivity index (χ1) is 19.7. The predicted octanol–water partition coefficient (Wildman–Crippen LogP) is 6.58. The summed E-state index contributed by atoms with van der Waals surface area (Å²) in [6.07, 6.45) is 6.98. The Balaban J connectivity index is 1.82. The van der Waals surface area contributed by atoms with Crippen molar-refractivity contribution < 1.29 is 38.1 Å². The lowest BCUT2D eigenvalue weighted by molar-refractivity contribution is -0.135. The van der Waals surface area contributed by atoms with E-state index in [4.69, 9.17) is 23.7 Å².